The smallest absolute Gasteiger partial charge is 0.281 e. The number of nitrogens with zero attached hydrogens (tertiary/aromatic N) is 1. The zero-order valence-electron chi connectivity index (χ0n) is 15.5. The molecule has 1 atom stereocenters. The van der Waals surface area contributed by atoms with Crippen LogP contribution in [0.5, 0.6) is 23.0 Å². The fourth-order valence-corrected chi connectivity index (χ4v) is 3.72. The SMILES string of the molecule is COc1cc(O)c2c(c1)O[C@H](c1ccc(O)cc1)C/C2=N\NC(=O)c1cccs1. The fraction of sp³-hybridized carbons (Fsp3) is 0.143. The monoisotopic (exact) mass is 410 g/mol. The fourth-order valence-electron chi connectivity index (χ4n) is 3.11. The van der Waals surface area contributed by atoms with Gasteiger partial charge in [0.25, 0.3) is 5.91 Å². The molecule has 0 saturated heterocycles. The van der Waals surface area contributed by atoms with Crippen LogP contribution >= 0.6 is 11.3 Å². The molecule has 148 valence electrons. The highest BCUT2D eigenvalue weighted by molar-refractivity contribution is 7.12. The number of benzene rings is 2. The summed E-state index contributed by atoms with van der Waals surface area (Å²) in [6, 6.07) is 13.3. The lowest BCUT2D eigenvalue weighted by molar-refractivity contribution is 0.0958. The average Bonchev–Trinajstić information content (AvgIpc) is 3.26. The third kappa shape index (κ3) is 3.88. The van der Waals surface area contributed by atoms with E-state index in [4.69, 9.17) is 9.47 Å². The molecular weight excluding hydrogens is 392 g/mol. The molecule has 0 fully saturated rings. The number of carbonyl (C=O) groups excluding carboxylic acids is 1. The molecule has 0 aliphatic carbocycles. The lowest BCUT2D eigenvalue weighted by Crippen LogP contribution is -2.25. The number of phenolic OH excluding ortho intramolecular Hbond substituents is 2. The number of nitrogens with one attached hydrogen (secondary N) is 1. The summed E-state index contributed by atoms with van der Waals surface area (Å²) in [6.07, 6.45) is -0.0884. The van der Waals surface area contributed by atoms with E-state index in [0.29, 0.717) is 34.1 Å². The summed E-state index contributed by atoms with van der Waals surface area (Å²) in [5.74, 6) is 0.619. The van der Waals surface area contributed by atoms with Crippen LogP contribution in [0.15, 0.2) is 59.0 Å². The number of hydrazone groups is 1. The first-order chi connectivity index (χ1) is 14.0. The molecule has 0 saturated carbocycles. The highest BCUT2D eigenvalue weighted by atomic mass is 32.1. The Morgan fingerprint density at radius 1 is 1.24 bits per heavy atom. The summed E-state index contributed by atoms with van der Waals surface area (Å²) in [4.78, 5) is 12.8. The molecule has 1 amide bonds. The zero-order valence-corrected chi connectivity index (χ0v) is 16.3. The molecule has 1 aromatic heterocycles. The van der Waals surface area contributed by atoms with Crippen molar-refractivity contribution in [2.24, 2.45) is 5.10 Å². The number of carbonyl (C=O) groups is 1. The summed E-state index contributed by atoms with van der Waals surface area (Å²) in [5.41, 5.74) is 4.27. The van der Waals surface area contributed by atoms with E-state index in [9.17, 15) is 15.0 Å². The van der Waals surface area contributed by atoms with Crippen molar-refractivity contribution in [3.05, 3.63) is 69.9 Å². The van der Waals surface area contributed by atoms with E-state index < -0.39 is 6.10 Å². The van der Waals surface area contributed by atoms with Crippen LogP contribution in [0.4, 0.5) is 0 Å². The molecule has 3 aromatic rings. The lowest BCUT2D eigenvalue weighted by Gasteiger charge is -2.28. The molecule has 4 rings (SSSR count). The van der Waals surface area contributed by atoms with E-state index in [1.165, 1.54) is 24.5 Å². The van der Waals surface area contributed by atoms with Crippen LogP contribution in [0.3, 0.4) is 0 Å². The van der Waals surface area contributed by atoms with Crippen LogP contribution in [0.25, 0.3) is 0 Å². The third-order valence-corrected chi connectivity index (χ3v) is 5.40. The van der Waals surface area contributed by atoms with E-state index in [1.807, 2.05) is 5.38 Å². The Kier molecular flexibility index (Phi) is 5.09. The molecule has 0 unspecified atom stereocenters. The Labute approximate surface area is 170 Å². The van der Waals surface area contributed by atoms with Crippen molar-refractivity contribution < 1.29 is 24.5 Å². The van der Waals surface area contributed by atoms with Crippen LogP contribution in [0.2, 0.25) is 0 Å². The standard InChI is InChI=1S/C21H18N2O5S/c1-27-14-9-16(25)20-15(22-23-21(26)19-3-2-8-29-19)11-17(28-18(20)10-14)12-4-6-13(24)7-5-12/h2-10,17,24-25H,11H2,1H3,(H,23,26)/b22-15+/t17-/m0/s1. The maximum atomic E-state index is 12.3. The van der Waals surface area contributed by atoms with E-state index in [0.717, 1.165) is 5.56 Å². The molecule has 7 nitrogen and oxygen atoms in total. The third-order valence-electron chi connectivity index (χ3n) is 4.53. The van der Waals surface area contributed by atoms with Gasteiger partial charge in [-0.1, -0.05) is 18.2 Å². The van der Waals surface area contributed by atoms with Gasteiger partial charge >= 0.3 is 0 Å². The summed E-state index contributed by atoms with van der Waals surface area (Å²) >= 11 is 1.31. The van der Waals surface area contributed by atoms with E-state index in [-0.39, 0.29) is 17.4 Å². The van der Waals surface area contributed by atoms with E-state index >= 15 is 0 Å². The van der Waals surface area contributed by atoms with Gasteiger partial charge in [0.1, 0.15) is 29.1 Å². The molecule has 1 aliphatic rings. The van der Waals surface area contributed by atoms with Crippen molar-refractivity contribution in [1.82, 2.24) is 5.43 Å². The first-order valence-corrected chi connectivity index (χ1v) is 9.70. The molecule has 0 spiro atoms. The molecule has 29 heavy (non-hydrogen) atoms. The normalized spacial score (nSPS) is 16.7. The van der Waals surface area contributed by atoms with Gasteiger partial charge in [0.15, 0.2) is 0 Å². The van der Waals surface area contributed by atoms with Crippen LogP contribution in [-0.2, 0) is 0 Å². The minimum atomic E-state index is -0.410. The minimum absolute atomic E-state index is 0.0485. The van der Waals surface area contributed by atoms with Crippen LogP contribution in [-0.4, -0.2) is 28.9 Å². The van der Waals surface area contributed by atoms with Crippen molar-refractivity contribution in [2.45, 2.75) is 12.5 Å². The number of ether oxygens (including phenoxy) is 2. The average molecular weight is 410 g/mol. The van der Waals surface area contributed by atoms with Gasteiger partial charge < -0.3 is 19.7 Å². The lowest BCUT2D eigenvalue weighted by atomic mass is 9.94. The number of thiophene rings is 1. The maximum Gasteiger partial charge on any atom is 0.281 e. The first kappa shape index (κ1) is 18.8. The Hall–Kier alpha value is -3.52. The quantitative estimate of drug-likeness (QED) is 0.568. The summed E-state index contributed by atoms with van der Waals surface area (Å²) in [5, 5.41) is 26.1. The zero-order chi connectivity index (χ0) is 20.4. The van der Waals surface area contributed by atoms with Gasteiger partial charge in [0.2, 0.25) is 0 Å². The molecule has 2 aromatic carbocycles. The van der Waals surface area contributed by atoms with Gasteiger partial charge in [-0.05, 0) is 29.1 Å². The highest BCUT2D eigenvalue weighted by Crippen LogP contribution is 2.42. The van der Waals surface area contributed by atoms with Crippen LogP contribution in [0, 0.1) is 0 Å². The minimum Gasteiger partial charge on any atom is -0.508 e. The van der Waals surface area contributed by atoms with Crippen molar-refractivity contribution in [1.29, 1.82) is 0 Å². The highest BCUT2D eigenvalue weighted by Gasteiger charge is 2.30. The number of amides is 1. The van der Waals surface area contributed by atoms with E-state index in [1.54, 1.807) is 42.5 Å². The first-order valence-electron chi connectivity index (χ1n) is 8.82. The molecule has 2 heterocycles. The summed E-state index contributed by atoms with van der Waals surface area (Å²) in [7, 11) is 1.50. The molecule has 1 aliphatic heterocycles. The van der Waals surface area contributed by atoms with Crippen molar-refractivity contribution >= 4 is 23.0 Å². The van der Waals surface area contributed by atoms with Gasteiger partial charge in [0, 0.05) is 18.6 Å². The van der Waals surface area contributed by atoms with Crippen molar-refractivity contribution in [2.75, 3.05) is 7.11 Å². The molecular formula is C21H18N2O5S. The summed E-state index contributed by atoms with van der Waals surface area (Å²) in [6.45, 7) is 0. The second-order valence-corrected chi connectivity index (χ2v) is 7.35. The second kappa shape index (κ2) is 7.84. The Morgan fingerprint density at radius 2 is 2.03 bits per heavy atom. The Balaban J connectivity index is 1.71. The number of fused-ring (bicyclic) bond motifs is 1. The largest absolute Gasteiger partial charge is 0.508 e. The number of phenols is 2. The van der Waals surface area contributed by atoms with Gasteiger partial charge in [-0.15, -0.1) is 11.3 Å². The van der Waals surface area contributed by atoms with Gasteiger partial charge in [-0.2, -0.15) is 5.10 Å². The van der Waals surface area contributed by atoms with Gasteiger partial charge in [-0.3, -0.25) is 4.79 Å². The Morgan fingerprint density at radius 3 is 2.72 bits per heavy atom. The van der Waals surface area contributed by atoms with Gasteiger partial charge in [0.05, 0.1) is 23.3 Å². The molecule has 8 heteroatoms. The molecule has 0 radical (unpaired) electrons. The predicted octanol–water partition coefficient (Wildman–Crippen LogP) is 3.83. The topological polar surface area (TPSA) is 100 Å². The number of hydrogen-bond donors (Lipinski definition) is 3. The van der Waals surface area contributed by atoms with Crippen LogP contribution < -0.4 is 14.9 Å². The maximum absolute atomic E-state index is 12.3. The molecule has 0 bridgehead atoms. The van der Waals surface area contributed by atoms with Crippen molar-refractivity contribution in [3.63, 3.8) is 0 Å². The van der Waals surface area contributed by atoms with Gasteiger partial charge in [-0.25, -0.2) is 5.43 Å². The van der Waals surface area contributed by atoms with E-state index in [2.05, 4.69) is 10.5 Å². The second-order valence-electron chi connectivity index (χ2n) is 6.40. The van der Waals surface area contributed by atoms with Crippen molar-refractivity contribution in [3.8, 4) is 23.0 Å². The number of hydrogen-bond acceptors (Lipinski definition) is 7. The Bertz CT molecular complexity index is 1060. The number of methoxy groups -OCH3 is 1. The summed E-state index contributed by atoms with van der Waals surface area (Å²) < 4.78 is 11.3. The number of aromatic hydroxyl groups is 2. The van der Waals surface area contributed by atoms with Crippen LogP contribution in [0.1, 0.15) is 33.3 Å². The number of rotatable bonds is 4. The molecule has 3 N–H and O–H groups in total. The predicted molar refractivity (Wildman–Crippen MR) is 109 cm³/mol.